The van der Waals surface area contributed by atoms with Crippen LogP contribution in [0.4, 0.5) is 0 Å². The zero-order chi connectivity index (χ0) is 20.7. The molecule has 2 aromatic rings. The van der Waals surface area contributed by atoms with E-state index in [4.69, 9.17) is 16.3 Å². The van der Waals surface area contributed by atoms with E-state index in [0.29, 0.717) is 23.7 Å². The van der Waals surface area contributed by atoms with E-state index >= 15 is 0 Å². The summed E-state index contributed by atoms with van der Waals surface area (Å²) in [6.45, 7) is 6.00. The Bertz CT molecular complexity index is 821. The number of halogens is 1. The Morgan fingerprint density at radius 3 is 2.39 bits per heavy atom. The molecule has 1 atom stereocenters. The molecule has 2 rings (SSSR count). The largest absolute Gasteiger partial charge is 0.483 e. The van der Waals surface area contributed by atoms with Crippen molar-refractivity contribution in [2.24, 2.45) is 0 Å². The number of nitrogens with one attached hydrogen (secondary N) is 1. The molecule has 0 unspecified atom stereocenters. The lowest BCUT2D eigenvalue weighted by atomic mass is 10.1. The number of hydrogen-bond donors (Lipinski definition) is 1. The van der Waals surface area contributed by atoms with Gasteiger partial charge in [0.25, 0.3) is 5.91 Å². The van der Waals surface area contributed by atoms with Crippen molar-refractivity contribution in [1.82, 2.24) is 10.2 Å². The van der Waals surface area contributed by atoms with Crippen LogP contribution >= 0.6 is 11.6 Å². The summed E-state index contributed by atoms with van der Waals surface area (Å²) in [5.74, 6) is 0.222. The quantitative estimate of drug-likeness (QED) is 0.728. The lowest BCUT2D eigenvalue weighted by molar-refractivity contribution is -0.142. The van der Waals surface area contributed by atoms with Crippen LogP contribution in [0.5, 0.6) is 5.75 Å². The summed E-state index contributed by atoms with van der Waals surface area (Å²) in [6, 6.07) is 12.5. The topological polar surface area (TPSA) is 58.6 Å². The molecule has 0 spiro atoms. The Morgan fingerprint density at radius 2 is 1.82 bits per heavy atom. The highest BCUT2D eigenvalue weighted by atomic mass is 35.5. The highest BCUT2D eigenvalue weighted by Gasteiger charge is 2.28. The van der Waals surface area contributed by atoms with Gasteiger partial charge in [0.1, 0.15) is 11.8 Å². The van der Waals surface area contributed by atoms with E-state index in [1.54, 1.807) is 24.1 Å². The second-order valence-corrected chi connectivity index (χ2v) is 7.18. The maximum absolute atomic E-state index is 13.0. The molecule has 0 aliphatic rings. The van der Waals surface area contributed by atoms with Crippen molar-refractivity contribution in [3.05, 3.63) is 64.2 Å². The third-order valence-electron chi connectivity index (χ3n) is 4.58. The smallest absolute Gasteiger partial charge is 0.261 e. The third-order valence-corrected chi connectivity index (χ3v) is 4.83. The average Bonchev–Trinajstić information content (AvgIpc) is 2.68. The molecule has 0 heterocycles. The first kappa shape index (κ1) is 21.8. The van der Waals surface area contributed by atoms with Gasteiger partial charge in [-0.25, -0.2) is 0 Å². The van der Waals surface area contributed by atoms with Gasteiger partial charge in [-0.15, -0.1) is 0 Å². The van der Waals surface area contributed by atoms with Crippen LogP contribution in [0.15, 0.2) is 42.5 Å². The number of rotatable bonds is 8. The summed E-state index contributed by atoms with van der Waals surface area (Å²) in [6.07, 6.45) is 0.503. The van der Waals surface area contributed by atoms with E-state index in [0.717, 1.165) is 16.7 Å². The molecule has 0 saturated carbocycles. The van der Waals surface area contributed by atoms with Crippen molar-refractivity contribution in [3.8, 4) is 5.75 Å². The van der Waals surface area contributed by atoms with Crippen LogP contribution in [0.2, 0.25) is 5.02 Å². The minimum absolute atomic E-state index is 0.134. The van der Waals surface area contributed by atoms with E-state index in [9.17, 15) is 9.59 Å². The van der Waals surface area contributed by atoms with E-state index in [2.05, 4.69) is 5.32 Å². The SMILES string of the molecule is CC[C@@H](C(=O)NC)N(Cc1ccc(Cl)cc1)C(=O)COc1ccc(C)cc1C. The minimum Gasteiger partial charge on any atom is -0.483 e. The zero-order valence-electron chi connectivity index (χ0n) is 16.8. The Morgan fingerprint density at radius 1 is 1.14 bits per heavy atom. The van der Waals surface area contributed by atoms with Crippen molar-refractivity contribution in [2.45, 2.75) is 39.8 Å². The molecule has 1 N–H and O–H groups in total. The molecule has 0 bridgehead atoms. The van der Waals surface area contributed by atoms with Gasteiger partial charge in [-0.1, -0.05) is 48.4 Å². The first-order valence-corrected chi connectivity index (χ1v) is 9.69. The van der Waals surface area contributed by atoms with Crippen molar-refractivity contribution in [1.29, 1.82) is 0 Å². The van der Waals surface area contributed by atoms with Gasteiger partial charge >= 0.3 is 0 Å². The average molecular weight is 403 g/mol. The van der Waals surface area contributed by atoms with Crippen LogP contribution in [0, 0.1) is 13.8 Å². The molecule has 6 heteroatoms. The van der Waals surface area contributed by atoms with E-state index in [1.165, 1.54) is 0 Å². The number of carbonyl (C=O) groups is 2. The molecular weight excluding hydrogens is 376 g/mol. The van der Waals surface area contributed by atoms with Crippen LogP contribution in [0.25, 0.3) is 0 Å². The summed E-state index contributed by atoms with van der Waals surface area (Å²) < 4.78 is 5.76. The maximum Gasteiger partial charge on any atom is 0.261 e. The fourth-order valence-electron chi connectivity index (χ4n) is 3.06. The molecule has 0 aliphatic carbocycles. The van der Waals surface area contributed by atoms with Gasteiger partial charge in [0.15, 0.2) is 6.61 Å². The Labute approximate surface area is 171 Å². The fraction of sp³-hybridized carbons (Fsp3) is 0.364. The van der Waals surface area contributed by atoms with E-state index in [-0.39, 0.29) is 18.4 Å². The maximum atomic E-state index is 13.0. The number of ether oxygens (including phenoxy) is 1. The van der Waals surface area contributed by atoms with Gasteiger partial charge in [0.2, 0.25) is 5.91 Å². The molecule has 0 fully saturated rings. The summed E-state index contributed by atoms with van der Waals surface area (Å²) in [7, 11) is 1.57. The molecule has 0 saturated heterocycles. The number of likely N-dealkylation sites (N-methyl/N-ethyl adjacent to an activating group) is 1. The number of nitrogens with zero attached hydrogens (tertiary/aromatic N) is 1. The predicted molar refractivity (Wildman–Crippen MR) is 112 cm³/mol. The van der Waals surface area contributed by atoms with E-state index in [1.807, 2.05) is 51.1 Å². The number of aryl methyl sites for hydroxylation is 2. The normalized spacial score (nSPS) is 11.6. The van der Waals surface area contributed by atoms with Gasteiger partial charge in [0.05, 0.1) is 0 Å². The highest BCUT2D eigenvalue weighted by Crippen LogP contribution is 2.20. The van der Waals surface area contributed by atoms with Crippen molar-refractivity contribution in [2.75, 3.05) is 13.7 Å². The van der Waals surface area contributed by atoms with E-state index < -0.39 is 6.04 Å². The number of benzene rings is 2. The monoisotopic (exact) mass is 402 g/mol. The standard InChI is InChI=1S/C22H27ClN2O3/c1-5-19(22(27)24-4)25(13-17-7-9-18(23)10-8-17)21(26)14-28-20-11-6-15(2)12-16(20)3/h6-12,19H,5,13-14H2,1-4H3,(H,24,27)/t19-/m0/s1. The number of amides is 2. The van der Waals surface area contributed by atoms with Crippen LogP contribution < -0.4 is 10.1 Å². The second kappa shape index (κ2) is 10.1. The summed E-state index contributed by atoms with van der Waals surface area (Å²) in [5, 5.41) is 3.26. The molecule has 0 aliphatic heterocycles. The minimum atomic E-state index is -0.573. The molecule has 28 heavy (non-hydrogen) atoms. The first-order valence-electron chi connectivity index (χ1n) is 9.31. The summed E-state index contributed by atoms with van der Waals surface area (Å²) >= 11 is 5.95. The first-order chi connectivity index (χ1) is 13.3. The van der Waals surface area contributed by atoms with Crippen LogP contribution in [-0.4, -0.2) is 36.4 Å². The third kappa shape index (κ3) is 5.73. The Hall–Kier alpha value is -2.53. The van der Waals surface area contributed by atoms with Crippen LogP contribution in [0.3, 0.4) is 0 Å². The van der Waals surface area contributed by atoms with Crippen molar-refractivity contribution < 1.29 is 14.3 Å². The Balaban J connectivity index is 2.19. The molecule has 2 amide bonds. The highest BCUT2D eigenvalue weighted by molar-refractivity contribution is 6.30. The molecule has 150 valence electrons. The molecule has 2 aromatic carbocycles. The van der Waals surface area contributed by atoms with Gasteiger partial charge < -0.3 is 15.0 Å². The van der Waals surface area contributed by atoms with Gasteiger partial charge in [-0.2, -0.15) is 0 Å². The molecule has 0 aromatic heterocycles. The lowest BCUT2D eigenvalue weighted by Crippen LogP contribution is -2.49. The zero-order valence-corrected chi connectivity index (χ0v) is 17.5. The van der Waals surface area contributed by atoms with Gasteiger partial charge in [-0.05, 0) is 49.6 Å². The number of carbonyl (C=O) groups excluding carboxylic acids is 2. The molecular formula is C22H27ClN2O3. The second-order valence-electron chi connectivity index (χ2n) is 6.74. The summed E-state index contributed by atoms with van der Waals surface area (Å²) in [4.78, 5) is 26.9. The van der Waals surface area contributed by atoms with Crippen LogP contribution in [-0.2, 0) is 16.1 Å². The number of hydrogen-bond acceptors (Lipinski definition) is 3. The van der Waals surface area contributed by atoms with Gasteiger partial charge in [0, 0.05) is 18.6 Å². The predicted octanol–water partition coefficient (Wildman–Crippen LogP) is 3.89. The van der Waals surface area contributed by atoms with Crippen LogP contribution in [0.1, 0.15) is 30.0 Å². The Kier molecular flexibility index (Phi) is 7.88. The fourth-order valence-corrected chi connectivity index (χ4v) is 3.18. The molecule has 0 radical (unpaired) electrons. The van der Waals surface area contributed by atoms with Crippen molar-refractivity contribution in [3.63, 3.8) is 0 Å². The summed E-state index contributed by atoms with van der Waals surface area (Å²) in [5.41, 5.74) is 2.99. The lowest BCUT2D eigenvalue weighted by Gasteiger charge is -2.30. The van der Waals surface area contributed by atoms with Crippen molar-refractivity contribution >= 4 is 23.4 Å². The van der Waals surface area contributed by atoms with Gasteiger partial charge in [-0.3, -0.25) is 9.59 Å². The molecule has 5 nitrogen and oxygen atoms in total.